The second-order valence-electron chi connectivity index (χ2n) is 8.89. The van der Waals surface area contributed by atoms with Crippen LogP contribution >= 0.6 is 11.6 Å². The van der Waals surface area contributed by atoms with Crippen LogP contribution in [-0.2, 0) is 28.7 Å². The number of carbonyl (C=O) groups is 1. The molecule has 3 aromatic rings. The third-order valence-electron chi connectivity index (χ3n) is 6.32. The lowest BCUT2D eigenvalue weighted by atomic mass is 10.1. The number of piperazine rings is 1. The Bertz CT molecular complexity index is 1110. The molecule has 0 unspecified atom stereocenters. The van der Waals surface area contributed by atoms with E-state index in [0.29, 0.717) is 49.7 Å². The maximum atomic E-state index is 12.9. The average Bonchev–Trinajstić information content (AvgIpc) is 2.88. The Kier molecular flexibility index (Phi) is 8.67. The van der Waals surface area contributed by atoms with E-state index >= 15 is 0 Å². The van der Waals surface area contributed by atoms with Crippen molar-refractivity contribution in [3.8, 4) is 0 Å². The summed E-state index contributed by atoms with van der Waals surface area (Å²) < 4.78 is 44.8. The first kappa shape index (κ1) is 26.2. The van der Waals surface area contributed by atoms with Gasteiger partial charge in [-0.25, -0.2) is 0 Å². The molecule has 0 aliphatic carbocycles. The molecule has 0 radical (unpaired) electrons. The molecule has 0 saturated carbocycles. The maximum absolute atomic E-state index is 12.9. The predicted octanol–water partition coefficient (Wildman–Crippen LogP) is 6.00. The van der Waals surface area contributed by atoms with Crippen molar-refractivity contribution in [3.63, 3.8) is 0 Å². The lowest BCUT2D eigenvalue weighted by Gasteiger charge is -2.36. The van der Waals surface area contributed by atoms with Gasteiger partial charge in [0.05, 0.1) is 24.7 Å². The van der Waals surface area contributed by atoms with E-state index in [1.54, 1.807) is 12.1 Å². The summed E-state index contributed by atoms with van der Waals surface area (Å²) in [5, 5.41) is 0.616. The van der Waals surface area contributed by atoms with Gasteiger partial charge in [0.25, 0.3) is 0 Å². The molecular formula is C28H28ClF3N2O2. The van der Waals surface area contributed by atoms with E-state index in [-0.39, 0.29) is 18.6 Å². The van der Waals surface area contributed by atoms with Gasteiger partial charge in [0.1, 0.15) is 0 Å². The van der Waals surface area contributed by atoms with Crippen molar-refractivity contribution in [3.05, 3.63) is 106 Å². The highest BCUT2D eigenvalue weighted by atomic mass is 35.5. The first-order valence-corrected chi connectivity index (χ1v) is 12.2. The van der Waals surface area contributed by atoms with E-state index in [1.807, 2.05) is 47.4 Å². The van der Waals surface area contributed by atoms with Gasteiger partial charge >= 0.3 is 6.18 Å². The zero-order chi connectivity index (χ0) is 25.5. The zero-order valence-electron chi connectivity index (χ0n) is 19.8. The number of halogens is 4. The van der Waals surface area contributed by atoms with Crippen LogP contribution < -0.4 is 0 Å². The second kappa shape index (κ2) is 11.9. The molecule has 0 N–H and O–H groups in total. The van der Waals surface area contributed by atoms with E-state index in [2.05, 4.69) is 4.90 Å². The Morgan fingerprint density at radius 3 is 2.11 bits per heavy atom. The molecule has 1 atom stereocenters. The molecule has 1 amide bonds. The summed E-state index contributed by atoms with van der Waals surface area (Å²) in [6, 6.07) is 22.1. The summed E-state index contributed by atoms with van der Waals surface area (Å²) >= 11 is 6.06. The van der Waals surface area contributed by atoms with Gasteiger partial charge in [-0.3, -0.25) is 9.69 Å². The fourth-order valence-electron chi connectivity index (χ4n) is 4.22. The summed E-state index contributed by atoms with van der Waals surface area (Å²) in [5.41, 5.74) is 1.93. The smallest absolute Gasteiger partial charge is 0.368 e. The Hall–Kier alpha value is -2.87. The Labute approximate surface area is 214 Å². The van der Waals surface area contributed by atoms with Crippen molar-refractivity contribution < 1.29 is 22.7 Å². The second-order valence-corrected chi connectivity index (χ2v) is 9.33. The van der Waals surface area contributed by atoms with Crippen LogP contribution in [0.25, 0.3) is 0 Å². The Balaban J connectivity index is 1.35. The summed E-state index contributed by atoms with van der Waals surface area (Å²) in [7, 11) is 0. The quantitative estimate of drug-likeness (QED) is 0.368. The molecule has 0 spiro atoms. The average molecular weight is 517 g/mol. The molecular weight excluding hydrogens is 489 g/mol. The SMILES string of the molecule is O=C(Cc1ccccc1)N1CCN(C[C@H](OCc2ccc(C(F)(F)F)cc2)c2ccc(Cl)cc2)CC1. The largest absolute Gasteiger partial charge is 0.416 e. The molecule has 36 heavy (non-hydrogen) atoms. The fourth-order valence-corrected chi connectivity index (χ4v) is 4.34. The van der Waals surface area contributed by atoms with E-state index in [9.17, 15) is 18.0 Å². The number of benzene rings is 3. The van der Waals surface area contributed by atoms with Gasteiger partial charge in [0, 0.05) is 37.7 Å². The summed E-state index contributed by atoms with van der Waals surface area (Å²) in [6.07, 6.45) is -4.27. The molecule has 1 aliphatic rings. The minimum absolute atomic E-state index is 0.119. The standard InChI is InChI=1S/C28H28ClF3N2O2/c29-25-12-8-23(9-13-25)26(36-20-22-6-10-24(11-7-22)28(30,31)32)19-33-14-16-34(17-15-33)27(35)18-21-4-2-1-3-5-21/h1-13,26H,14-20H2/t26-/m0/s1. The van der Waals surface area contributed by atoms with Crippen molar-refractivity contribution in [2.24, 2.45) is 0 Å². The minimum atomic E-state index is -4.37. The van der Waals surface area contributed by atoms with Crippen LogP contribution in [0.15, 0.2) is 78.9 Å². The van der Waals surface area contributed by atoms with E-state index in [4.69, 9.17) is 16.3 Å². The fraction of sp³-hybridized carbons (Fsp3) is 0.321. The van der Waals surface area contributed by atoms with Crippen LogP contribution in [0.3, 0.4) is 0 Å². The van der Waals surface area contributed by atoms with Gasteiger partial charge < -0.3 is 9.64 Å². The van der Waals surface area contributed by atoms with Gasteiger partial charge in [0.15, 0.2) is 0 Å². The number of amides is 1. The summed E-state index contributed by atoms with van der Waals surface area (Å²) in [6.45, 7) is 3.49. The highest BCUT2D eigenvalue weighted by molar-refractivity contribution is 6.30. The Morgan fingerprint density at radius 2 is 1.50 bits per heavy atom. The van der Waals surface area contributed by atoms with Crippen LogP contribution in [0.5, 0.6) is 0 Å². The van der Waals surface area contributed by atoms with Gasteiger partial charge in [-0.05, 0) is 41.0 Å². The van der Waals surface area contributed by atoms with Crippen molar-refractivity contribution >= 4 is 17.5 Å². The zero-order valence-corrected chi connectivity index (χ0v) is 20.5. The minimum Gasteiger partial charge on any atom is -0.368 e. The molecule has 0 bridgehead atoms. The van der Waals surface area contributed by atoms with Crippen LogP contribution in [0.2, 0.25) is 5.02 Å². The molecule has 4 rings (SSSR count). The molecule has 1 saturated heterocycles. The summed E-state index contributed by atoms with van der Waals surface area (Å²) in [4.78, 5) is 16.8. The molecule has 3 aromatic carbocycles. The first-order valence-electron chi connectivity index (χ1n) is 11.9. The number of ether oxygens (including phenoxy) is 1. The number of alkyl halides is 3. The van der Waals surface area contributed by atoms with E-state index in [1.165, 1.54) is 12.1 Å². The van der Waals surface area contributed by atoms with Crippen molar-refractivity contribution in [1.82, 2.24) is 9.80 Å². The number of hydrogen-bond donors (Lipinski definition) is 0. The van der Waals surface area contributed by atoms with E-state index in [0.717, 1.165) is 23.3 Å². The lowest BCUT2D eigenvalue weighted by Crippen LogP contribution is -2.50. The van der Waals surface area contributed by atoms with E-state index < -0.39 is 11.7 Å². The number of rotatable bonds is 8. The number of nitrogens with zero attached hydrogens (tertiary/aromatic N) is 2. The molecule has 190 valence electrons. The van der Waals surface area contributed by atoms with Crippen molar-refractivity contribution in [2.45, 2.75) is 25.3 Å². The maximum Gasteiger partial charge on any atom is 0.416 e. The molecule has 1 heterocycles. The highest BCUT2D eigenvalue weighted by Crippen LogP contribution is 2.30. The number of hydrogen-bond acceptors (Lipinski definition) is 3. The monoisotopic (exact) mass is 516 g/mol. The van der Waals surface area contributed by atoms with Crippen LogP contribution in [0.1, 0.15) is 28.4 Å². The predicted molar refractivity (Wildman–Crippen MR) is 134 cm³/mol. The summed E-state index contributed by atoms with van der Waals surface area (Å²) in [5.74, 6) is 0.119. The molecule has 8 heteroatoms. The molecule has 0 aromatic heterocycles. The van der Waals surface area contributed by atoms with Gasteiger partial charge in [-0.15, -0.1) is 0 Å². The first-order chi connectivity index (χ1) is 17.3. The Morgan fingerprint density at radius 1 is 0.861 bits per heavy atom. The van der Waals surface area contributed by atoms with Gasteiger partial charge in [-0.2, -0.15) is 13.2 Å². The van der Waals surface area contributed by atoms with Gasteiger partial charge in [0.2, 0.25) is 5.91 Å². The number of carbonyl (C=O) groups excluding carboxylic acids is 1. The van der Waals surface area contributed by atoms with Crippen molar-refractivity contribution in [2.75, 3.05) is 32.7 Å². The molecule has 1 fully saturated rings. The lowest BCUT2D eigenvalue weighted by molar-refractivity contribution is -0.137. The van der Waals surface area contributed by atoms with Crippen LogP contribution in [-0.4, -0.2) is 48.4 Å². The highest BCUT2D eigenvalue weighted by Gasteiger charge is 2.30. The van der Waals surface area contributed by atoms with Crippen molar-refractivity contribution in [1.29, 1.82) is 0 Å². The van der Waals surface area contributed by atoms with Crippen LogP contribution in [0.4, 0.5) is 13.2 Å². The van der Waals surface area contributed by atoms with Gasteiger partial charge in [-0.1, -0.05) is 66.2 Å². The third-order valence-corrected chi connectivity index (χ3v) is 6.57. The third kappa shape index (κ3) is 7.32. The molecule has 4 nitrogen and oxygen atoms in total. The van der Waals surface area contributed by atoms with Crippen LogP contribution in [0, 0.1) is 0 Å². The molecule has 1 aliphatic heterocycles. The topological polar surface area (TPSA) is 32.8 Å². The normalized spacial score (nSPS) is 15.6.